The third-order valence-electron chi connectivity index (χ3n) is 4.47. The molecule has 23 heavy (non-hydrogen) atoms. The van der Waals surface area contributed by atoms with E-state index in [4.69, 9.17) is 5.11 Å². The lowest BCUT2D eigenvalue weighted by molar-refractivity contribution is 0.0690. The first-order chi connectivity index (χ1) is 11.1. The van der Waals surface area contributed by atoms with Crippen molar-refractivity contribution in [2.75, 3.05) is 6.54 Å². The van der Waals surface area contributed by atoms with Gasteiger partial charge in [0.25, 0.3) is 5.91 Å². The van der Waals surface area contributed by atoms with Crippen LogP contribution in [-0.2, 0) is 0 Å². The molecular weight excluding hydrogens is 292 g/mol. The normalized spacial score (nSPS) is 20.5. The van der Waals surface area contributed by atoms with Gasteiger partial charge in [0, 0.05) is 30.3 Å². The Morgan fingerprint density at radius 2 is 1.96 bits per heavy atom. The molecule has 118 valence electrons. The van der Waals surface area contributed by atoms with Crippen molar-refractivity contribution in [1.29, 1.82) is 0 Å². The predicted molar refractivity (Wildman–Crippen MR) is 85.5 cm³/mol. The molecule has 0 saturated carbocycles. The lowest BCUT2D eigenvalue weighted by Crippen LogP contribution is -2.35. The van der Waals surface area contributed by atoms with E-state index in [0.717, 1.165) is 6.42 Å². The zero-order valence-electron chi connectivity index (χ0n) is 12.8. The Balaban J connectivity index is 1.81. The molecule has 1 amide bonds. The van der Waals surface area contributed by atoms with Crippen molar-refractivity contribution in [3.8, 4) is 0 Å². The number of likely N-dealkylation sites (tertiary alicyclic amines) is 1. The summed E-state index contributed by atoms with van der Waals surface area (Å²) in [5.74, 6) is -0.960. The van der Waals surface area contributed by atoms with Crippen LogP contribution < -0.4 is 0 Å². The number of rotatable bonds is 3. The van der Waals surface area contributed by atoms with Crippen LogP contribution in [0.3, 0.4) is 0 Å². The minimum atomic E-state index is -1.13. The molecule has 3 rings (SSSR count). The summed E-state index contributed by atoms with van der Waals surface area (Å²) in [5, 5.41) is 9.01. The molecule has 0 bridgehead atoms. The maximum Gasteiger partial charge on any atom is 0.354 e. The molecule has 5 heteroatoms. The number of hydrogen-bond acceptors (Lipinski definition) is 3. The Morgan fingerprint density at radius 3 is 2.65 bits per heavy atom. The number of carbonyl (C=O) groups is 2. The number of aromatic nitrogens is 1. The van der Waals surface area contributed by atoms with Gasteiger partial charge < -0.3 is 10.0 Å². The van der Waals surface area contributed by atoms with E-state index < -0.39 is 5.97 Å². The number of pyridine rings is 1. The number of benzene rings is 1. The number of carbonyl (C=O) groups excluding carboxylic acids is 1. The molecule has 1 aromatic heterocycles. The van der Waals surface area contributed by atoms with Crippen molar-refractivity contribution >= 4 is 11.9 Å². The SMILES string of the molecule is CC1C(c2ccccc2)CCN1C(=O)c1ccnc(C(=O)O)c1. The highest BCUT2D eigenvalue weighted by Crippen LogP contribution is 2.34. The van der Waals surface area contributed by atoms with Gasteiger partial charge in [0.15, 0.2) is 0 Å². The van der Waals surface area contributed by atoms with Crippen LogP contribution in [0.1, 0.15) is 45.7 Å². The van der Waals surface area contributed by atoms with Gasteiger partial charge in [-0.15, -0.1) is 0 Å². The summed E-state index contributed by atoms with van der Waals surface area (Å²) < 4.78 is 0. The summed E-state index contributed by atoms with van der Waals surface area (Å²) in [6.45, 7) is 2.71. The van der Waals surface area contributed by atoms with E-state index in [0.29, 0.717) is 18.0 Å². The van der Waals surface area contributed by atoms with Gasteiger partial charge in [0.2, 0.25) is 0 Å². The highest BCUT2D eigenvalue weighted by atomic mass is 16.4. The van der Waals surface area contributed by atoms with Gasteiger partial charge in [-0.05, 0) is 31.0 Å². The first-order valence-corrected chi connectivity index (χ1v) is 7.63. The minimum Gasteiger partial charge on any atom is -0.477 e. The third kappa shape index (κ3) is 2.95. The van der Waals surface area contributed by atoms with Crippen molar-refractivity contribution in [2.24, 2.45) is 0 Å². The topological polar surface area (TPSA) is 70.5 Å². The van der Waals surface area contributed by atoms with Crippen LogP contribution in [0.2, 0.25) is 0 Å². The fraction of sp³-hybridized carbons (Fsp3) is 0.278. The van der Waals surface area contributed by atoms with Gasteiger partial charge in [-0.25, -0.2) is 9.78 Å². The van der Waals surface area contributed by atoms with Crippen LogP contribution in [0, 0.1) is 0 Å². The lowest BCUT2D eigenvalue weighted by atomic mass is 9.93. The van der Waals surface area contributed by atoms with Crippen molar-refractivity contribution in [3.05, 3.63) is 65.5 Å². The fourth-order valence-corrected chi connectivity index (χ4v) is 3.22. The molecule has 1 fully saturated rings. The molecular formula is C18H18N2O3. The number of aromatic carboxylic acids is 1. The quantitative estimate of drug-likeness (QED) is 0.946. The van der Waals surface area contributed by atoms with Gasteiger partial charge in [0.05, 0.1) is 0 Å². The van der Waals surface area contributed by atoms with Crippen molar-refractivity contribution in [3.63, 3.8) is 0 Å². The zero-order valence-corrected chi connectivity index (χ0v) is 12.8. The molecule has 0 aliphatic carbocycles. The molecule has 2 atom stereocenters. The van der Waals surface area contributed by atoms with E-state index in [1.165, 1.54) is 17.8 Å². The maximum absolute atomic E-state index is 12.7. The largest absolute Gasteiger partial charge is 0.477 e. The van der Waals surface area contributed by atoms with Crippen LogP contribution >= 0.6 is 0 Å². The van der Waals surface area contributed by atoms with Gasteiger partial charge in [0.1, 0.15) is 5.69 Å². The minimum absolute atomic E-state index is 0.0753. The van der Waals surface area contributed by atoms with Crippen LogP contribution in [0.4, 0.5) is 0 Å². The summed E-state index contributed by atoms with van der Waals surface area (Å²) in [5.41, 5.74) is 1.50. The van der Waals surface area contributed by atoms with Gasteiger partial charge in [-0.1, -0.05) is 30.3 Å². The molecule has 1 aliphatic heterocycles. The summed E-state index contributed by atoms with van der Waals surface area (Å²) in [6, 6.07) is 13.2. The first kappa shape index (κ1) is 15.2. The van der Waals surface area contributed by atoms with Crippen molar-refractivity contribution in [1.82, 2.24) is 9.88 Å². The Kier molecular flexibility index (Phi) is 4.10. The summed E-state index contributed by atoms with van der Waals surface area (Å²) in [6.07, 6.45) is 2.28. The summed E-state index contributed by atoms with van der Waals surface area (Å²) in [4.78, 5) is 29.3. The highest BCUT2D eigenvalue weighted by Gasteiger charge is 2.35. The predicted octanol–water partition coefficient (Wildman–Crippen LogP) is 2.80. The van der Waals surface area contributed by atoms with E-state index in [9.17, 15) is 9.59 Å². The number of amides is 1. The van der Waals surface area contributed by atoms with E-state index in [2.05, 4.69) is 17.1 Å². The number of nitrogens with zero attached hydrogens (tertiary/aromatic N) is 2. The van der Waals surface area contributed by atoms with E-state index >= 15 is 0 Å². The van der Waals surface area contributed by atoms with Crippen LogP contribution in [0.15, 0.2) is 48.7 Å². The van der Waals surface area contributed by atoms with Crippen molar-refractivity contribution in [2.45, 2.75) is 25.3 Å². The van der Waals surface area contributed by atoms with E-state index in [-0.39, 0.29) is 17.6 Å². The molecule has 0 radical (unpaired) electrons. The molecule has 1 aliphatic rings. The van der Waals surface area contributed by atoms with Gasteiger partial charge in [-0.3, -0.25) is 4.79 Å². The standard InChI is InChI=1S/C18H18N2O3/c1-12-15(13-5-3-2-4-6-13)8-10-20(12)17(21)14-7-9-19-16(11-14)18(22)23/h2-7,9,11-12,15H,8,10H2,1H3,(H,22,23). The molecule has 2 aromatic rings. The highest BCUT2D eigenvalue weighted by molar-refractivity contribution is 5.97. The number of hydrogen-bond donors (Lipinski definition) is 1. The first-order valence-electron chi connectivity index (χ1n) is 7.63. The number of carboxylic acids is 1. The maximum atomic E-state index is 12.7. The second kappa shape index (κ2) is 6.20. The molecule has 2 heterocycles. The van der Waals surface area contributed by atoms with Crippen LogP contribution in [0.5, 0.6) is 0 Å². The van der Waals surface area contributed by atoms with Gasteiger partial charge in [-0.2, -0.15) is 0 Å². The average Bonchev–Trinajstić information content (AvgIpc) is 2.96. The second-order valence-electron chi connectivity index (χ2n) is 5.78. The van der Waals surface area contributed by atoms with E-state index in [1.807, 2.05) is 30.0 Å². The Hall–Kier alpha value is -2.69. The monoisotopic (exact) mass is 310 g/mol. The van der Waals surface area contributed by atoms with Crippen LogP contribution in [-0.4, -0.2) is 39.5 Å². The number of carboxylic acid groups (broad SMARTS) is 1. The molecule has 1 saturated heterocycles. The zero-order chi connectivity index (χ0) is 16.4. The Bertz CT molecular complexity index is 730. The molecule has 0 spiro atoms. The molecule has 1 N–H and O–H groups in total. The van der Waals surface area contributed by atoms with E-state index in [1.54, 1.807) is 6.07 Å². The van der Waals surface area contributed by atoms with Gasteiger partial charge >= 0.3 is 5.97 Å². The van der Waals surface area contributed by atoms with Crippen LogP contribution in [0.25, 0.3) is 0 Å². The van der Waals surface area contributed by atoms with Crippen molar-refractivity contribution < 1.29 is 14.7 Å². The average molecular weight is 310 g/mol. The smallest absolute Gasteiger partial charge is 0.354 e. The Labute approximate surface area is 134 Å². The fourth-order valence-electron chi connectivity index (χ4n) is 3.22. The Morgan fingerprint density at radius 1 is 1.22 bits per heavy atom. The molecule has 2 unspecified atom stereocenters. The second-order valence-corrected chi connectivity index (χ2v) is 5.78. The summed E-state index contributed by atoms with van der Waals surface area (Å²) in [7, 11) is 0. The lowest BCUT2D eigenvalue weighted by Gasteiger charge is -2.25. The summed E-state index contributed by atoms with van der Waals surface area (Å²) >= 11 is 0. The molecule has 1 aromatic carbocycles. The third-order valence-corrected chi connectivity index (χ3v) is 4.47. The molecule has 5 nitrogen and oxygen atoms in total.